The molecule has 0 saturated carbocycles. The molecule has 1 heterocycles. The van der Waals surface area contributed by atoms with Gasteiger partial charge in [-0.2, -0.15) is 0 Å². The van der Waals surface area contributed by atoms with Crippen molar-refractivity contribution >= 4 is 28.8 Å². The zero-order chi connectivity index (χ0) is 23.9. The van der Waals surface area contributed by atoms with Gasteiger partial charge in [0.2, 0.25) is 11.8 Å². The van der Waals surface area contributed by atoms with E-state index in [2.05, 4.69) is 5.32 Å². The molecule has 0 saturated heterocycles. The predicted molar refractivity (Wildman–Crippen MR) is 134 cm³/mol. The van der Waals surface area contributed by atoms with Crippen LogP contribution in [0.5, 0.6) is 0 Å². The van der Waals surface area contributed by atoms with E-state index in [9.17, 15) is 14.0 Å². The van der Waals surface area contributed by atoms with Crippen molar-refractivity contribution in [1.29, 1.82) is 0 Å². The molecular formula is C28H25FN2O2S. The molecule has 1 atom stereocenters. The number of thiophene rings is 1. The molecular weight excluding hydrogens is 447 g/mol. The van der Waals surface area contributed by atoms with Gasteiger partial charge in [-0.15, -0.1) is 11.3 Å². The second-order valence-corrected chi connectivity index (χ2v) is 9.05. The first kappa shape index (κ1) is 23.4. The molecule has 0 spiro atoms. The van der Waals surface area contributed by atoms with Gasteiger partial charge >= 0.3 is 0 Å². The number of nitrogens with zero attached hydrogens (tertiary/aromatic N) is 1. The minimum absolute atomic E-state index is 0.142. The number of benzene rings is 3. The van der Waals surface area contributed by atoms with E-state index >= 15 is 0 Å². The fraction of sp³-hybridized carbons (Fsp3) is 0.143. The van der Waals surface area contributed by atoms with Crippen LogP contribution in [-0.4, -0.2) is 11.8 Å². The number of halogens is 1. The van der Waals surface area contributed by atoms with E-state index in [-0.39, 0.29) is 18.2 Å². The summed E-state index contributed by atoms with van der Waals surface area (Å²) in [7, 11) is 0. The molecule has 0 aliphatic heterocycles. The van der Waals surface area contributed by atoms with Crippen LogP contribution in [0.15, 0.2) is 96.4 Å². The van der Waals surface area contributed by atoms with Gasteiger partial charge in [-0.05, 0) is 53.8 Å². The third kappa shape index (κ3) is 5.77. The number of amides is 2. The fourth-order valence-electron chi connectivity index (χ4n) is 3.73. The molecule has 0 unspecified atom stereocenters. The Kier molecular flexibility index (Phi) is 7.50. The summed E-state index contributed by atoms with van der Waals surface area (Å²) >= 11 is 1.48. The topological polar surface area (TPSA) is 49.4 Å². The van der Waals surface area contributed by atoms with Crippen LogP contribution in [0.2, 0.25) is 0 Å². The smallest absolute Gasteiger partial charge is 0.248 e. The summed E-state index contributed by atoms with van der Waals surface area (Å²) in [5, 5.41) is 4.89. The number of rotatable bonds is 8. The lowest BCUT2D eigenvalue weighted by Crippen LogP contribution is -2.44. The average Bonchev–Trinajstić information content (AvgIpc) is 3.36. The summed E-state index contributed by atoms with van der Waals surface area (Å²) in [6.07, 6.45) is 0.142. The van der Waals surface area contributed by atoms with Gasteiger partial charge in [-0.1, -0.05) is 66.2 Å². The second-order valence-electron chi connectivity index (χ2n) is 8.01. The Hall–Kier alpha value is -3.77. The highest BCUT2D eigenvalue weighted by Crippen LogP contribution is 2.30. The standard InChI is InChI=1S/C28H25FN2O2S/c1-20-9-11-22(12-10-20)27(28(33)30-19-21-6-3-2-4-7-21)31(24-15-13-23(29)14-16-24)26(32)18-25-8-5-17-34-25/h2-17,27H,18-19H2,1H3,(H,30,33)/t27-/m1/s1. The van der Waals surface area contributed by atoms with Crippen molar-refractivity contribution in [2.24, 2.45) is 0 Å². The number of carbonyl (C=O) groups is 2. The Morgan fingerprint density at radius 1 is 0.912 bits per heavy atom. The fourth-order valence-corrected chi connectivity index (χ4v) is 4.43. The van der Waals surface area contributed by atoms with E-state index < -0.39 is 11.9 Å². The quantitative estimate of drug-likeness (QED) is 0.351. The third-order valence-electron chi connectivity index (χ3n) is 5.49. The van der Waals surface area contributed by atoms with Crippen molar-refractivity contribution in [1.82, 2.24) is 5.32 Å². The first-order valence-corrected chi connectivity index (χ1v) is 11.9. The Morgan fingerprint density at radius 3 is 2.26 bits per heavy atom. The maximum absolute atomic E-state index is 13.7. The van der Waals surface area contributed by atoms with Crippen molar-refractivity contribution < 1.29 is 14.0 Å². The lowest BCUT2D eigenvalue weighted by Gasteiger charge is -2.31. The average molecular weight is 473 g/mol. The van der Waals surface area contributed by atoms with Crippen LogP contribution in [0.4, 0.5) is 10.1 Å². The SMILES string of the molecule is Cc1ccc([C@H](C(=O)NCc2ccccc2)N(C(=O)Cc2cccs2)c2ccc(F)cc2)cc1. The zero-order valence-corrected chi connectivity index (χ0v) is 19.6. The van der Waals surface area contributed by atoms with Crippen LogP contribution >= 0.6 is 11.3 Å². The number of hydrogen-bond acceptors (Lipinski definition) is 3. The van der Waals surface area contributed by atoms with E-state index in [1.165, 1.54) is 40.5 Å². The molecule has 1 aromatic heterocycles. The summed E-state index contributed by atoms with van der Waals surface area (Å²) in [5.41, 5.74) is 3.14. The van der Waals surface area contributed by atoms with Crippen LogP contribution < -0.4 is 10.2 Å². The maximum Gasteiger partial charge on any atom is 0.248 e. The molecule has 0 fully saturated rings. The summed E-state index contributed by atoms with van der Waals surface area (Å²) < 4.78 is 13.7. The summed E-state index contributed by atoms with van der Waals surface area (Å²) in [6, 6.07) is 25.7. The Balaban J connectivity index is 1.72. The van der Waals surface area contributed by atoms with Crippen molar-refractivity contribution in [3.63, 3.8) is 0 Å². The minimum atomic E-state index is -0.915. The summed E-state index contributed by atoms with van der Waals surface area (Å²) in [5.74, 6) is -0.958. The van der Waals surface area contributed by atoms with Crippen molar-refractivity contribution in [2.45, 2.75) is 25.9 Å². The molecule has 2 amide bonds. The number of carbonyl (C=O) groups excluding carboxylic acids is 2. The number of aryl methyl sites for hydroxylation is 1. The van der Waals surface area contributed by atoms with Gasteiger partial charge in [0.05, 0.1) is 6.42 Å². The van der Waals surface area contributed by atoms with Gasteiger partial charge in [-0.25, -0.2) is 4.39 Å². The zero-order valence-electron chi connectivity index (χ0n) is 18.8. The number of anilines is 1. The highest BCUT2D eigenvalue weighted by Gasteiger charge is 2.32. The third-order valence-corrected chi connectivity index (χ3v) is 6.36. The molecule has 6 heteroatoms. The second kappa shape index (κ2) is 10.9. The van der Waals surface area contributed by atoms with Crippen molar-refractivity contribution in [3.8, 4) is 0 Å². The minimum Gasteiger partial charge on any atom is -0.350 e. The molecule has 0 radical (unpaired) electrons. The normalized spacial score (nSPS) is 11.6. The summed E-state index contributed by atoms with van der Waals surface area (Å²) in [6.45, 7) is 2.30. The van der Waals surface area contributed by atoms with E-state index in [1.54, 1.807) is 0 Å². The van der Waals surface area contributed by atoms with Crippen molar-refractivity contribution in [3.05, 3.63) is 124 Å². The number of hydrogen-bond donors (Lipinski definition) is 1. The van der Waals surface area contributed by atoms with Gasteiger partial charge < -0.3 is 5.32 Å². The van der Waals surface area contributed by atoms with E-state index in [0.29, 0.717) is 17.8 Å². The van der Waals surface area contributed by atoms with Gasteiger partial charge in [-0.3, -0.25) is 14.5 Å². The predicted octanol–water partition coefficient (Wildman–Crippen LogP) is 5.83. The number of nitrogens with one attached hydrogen (secondary N) is 1. The van der Waals surface area contributed by atoms with Gasteiger partial charge in [0.1, 0.15) is 11.9 Å². The van der Waals surface area contributed by atoms with E-state index in [1.807, 2.05) is 79.0 Å². The molecule has 34 heavy (non-hydrogen) atoms. The van der Waals surface area contributed by atoms with Crippen LogP contribution in [0, 0.1) is 12.7 Å². The molecule has 4 nitrogen and oxygen atoms in total. The van der Waals surface area contributed by atoms with Gasteiger partial charge in [0.15, 0.2) is 0 Å². The lowest BCUT2D eigenvalue weighted by atomic mass is 10.0. The monoisotopic (exact) mass is 472 g/mol. The van der Waals surface area contributed by atoms with Gasteiger partial charge in [0.25, 0.3) is 0 Å². The first-order chi connectivity index (χ1) is 16.5. The largest absolute Gasteiger partial charge is 0.350 e. The molecule has 0 bridgehead atoms. The highest BCUT2D eigenvalue weighted by molar-refractivity contribution is 7.10. The molecule has 0 aliphatic rings. The molecule has 4 aromatic rings. The highest BCUT2D eigenvalue weighted by atomic mass is 32.1. The van der Waals surface area contributed by atoms with Crippen LogP contribution in [0.25, 0.3) is 0 Å². The van der Waals surface area contributed by atoms with E-state index in [4.69, 9.17) is 0 Å². The Bertz CT molecular complexity index is 1220. The van der Waals surface area contributed by atoms with Crippen molar-refractivity contribution in [2.75, 3.05) is 4.90 Å². The van der Waals surface area contributed by atoms with Crippen LogP contribution in [-0.2, 0) is 22.6 Å². The van der Waals surface area contributed by atoms with Crippen LogP contribution in [0.1, 0.15) is 27.6 Å². The Morgan fingerprint density at radius 2 is 1.62 bits per heavy atom. The molecule has 4 rings (SSSR count). The Labute approximate surface area is 202 Å². The molecule has 172 valence electrons. The molecule has 1 N–H and O–H groups in total. The van der Waals surface area contributed by atoms with Gasteiger partial charge in [0, 0.05) is 17.1 Å². The summed E-state index contributed by atoms with van der Waals surface area (Å²) in [4.78, 5) is 29.6. The molecule has 0 aliphatic carbocycles. The first-order valence-electron chi connectivity index (χ1n) is 11.0. The van der Waals surface area contributed by atoms with E-state index in [0.717, 1.165) is 16.0 Å². The maximum atomic E-state index is 13.7. The lowest BCUT2D eigenvalue weighted by molar-refractivity contribution is -0.126. The van der Waals surface area contributed by atoms with Crippen LogP contribution in [0.3, 0.4) is 0 Å². The molecule has 3 aromatic carbocycles.